The van der Waals surface area contributed by atoms with Crippen LogP contribution in [0, 0.1) is 6.92 Å². The second-order valence-corrected chi connectivity index (χ2v) is 5.67. The van der Waals surface area contributed by atoms with Gasteiger partial charge in [-0.05, 0) is 27.0 Å². The standard InChI is InChI=1S/C15H20N2OS/c1-10(16-3)15-11(2)17-14(19-15)9-12-7-5-6-8-13(12)18-4/h5-8,10,16H,9H2,1-4H3. The van der Waals surface area contributed by atoms with Crippen LogP contribution in [0.3, 0.4) is 0 Å². The first-order chi connectivity index (χ1) is 9.15. The normalized spacial score (nSPS) is 12.4. The molecule has 0 fully saturated rings. The number of hydrogen-bond donors (Lipinski definition) is 1. The van der Waals surface area contributed by atoms with Gasteiger partial charge in [-0.2, -0.15) is 0 Å². The average molecular weight is 276 g/mol. The molecule has 1 aromatic carbocycles. The molecular weight excluding hydrogens is 256 g/mol. The minimum absolute atomic E-state index is 0.351. The molecule has 0 saturated carbocycles. The second kappa shape index (κ2) is 6.17. The molecule has 0 spiro atoms. The van der Waals surface area contributed by atoms with E-state index in [9.17, 15) is 0 Å². The summed E-state index contributed by atoms with van der Waals surface area (Å²) in [6.45, 7) is 4.23. The number of nitrogens with one attached hydrogen (secondary N) is 1. The number of aryl methyl sites for hydroxylation is 1. The first-order valence-electron chi connectivity index (χ1n) is 6.41. The van der Waals surface area contributed by atoms with Crippen molar-refractivity contribution in [2.24, 2.45) is 0 Å². The summed E-state index contributed by atoms with van der Waals surface area (Å²) in [6.07, 6.45) is 0.825. The van der Waals surface area contributed by atoms with Gasteiger partial charge in [0.25, 0.3) is 0 Å². The molecule has 19 heavy (non-hydrogen) atoms. The van der Waals surface area contributed by atoms with E-state index in [4.69, 9.17) is 4.74 Å². The molecule has 0 aliphatic heterocycles. The summed E-state index contributed by atoms with van der Waals surface area (Å²) in [7, 11) is 3.68. The van der Waals surface area contributed by atoms with Crippen LogP contribution < -0.4 is 10.1 Å². The zero-order valence-electron chi connectivity index (χ0n) is 11.9. The molecule has 0 saturated heterocycles. The molecule has 0 radical (unpaired) electrons. The fourth-order valence-corrected chi connectivity index (χ4v) is 3.24. The van der Waals surface area contributed by atoms with Crippen LogP contribution >= 0.6 is 11.3 Å². The highest BCUT2D eigenvalue weighted by Gasteiger charge is 2.14. The molecular formula is C15H20N2OS. The zero-order valence-corrected chi connectivity index (χ0v) is 12.7. The van der Waals surface area contributed by atoms with Crippen LogP contribution in [0.4, 0.5) is 0 Å². The largest absolute Gasteiger partial charge is 0.496 e. The quantitative estimate of drug-likeness (QED) is 0.909. The smallest absolute Gasteiger partial charge is 0.122 e. The highest BCUT2D eigenvalue weighted by atomic mass is 32.1. The third-order valence-electron chi connectivity index (χ3n) is 3.24. The van der Waals surface area contributed by atoms with E-state index in [1.165, 1.54) is 10.4 Å². The van der Waals surface area contributed by atoms with Crippen molar-refractivity contribution < 1.29 is 4.74 Å². The number of nitrogens with zero attached hydrogens (tertiary/aromatic N) is 1. The number of hydrogen-bond acceptors (Lipinski definition) is 4. The van der Waals surface area contributed by atoms with Gasteiger partial charge >= 0.3 is 0 Å². The summed E-state index contributed by atoms with van der Waals surface area (Å²) in [5.74, 6) is 0.929. The van der Waals surface area contributed by atoms with Crippen molar-refractivity contribution in [1.29, 1.82) is 0 Å². The molecule has 2 aromatic rings. The van der Waals surface area contributed by atoms with E-state index < -0.39 is 0 Å². The van der Waals surface area contributed by atoms with Gasteiger partial charge in [0, 0.05) is 22.9 Å². The van der Waals surface area contributed by atoms with Crippen molar-refractivity contribution in [3.63, 3.8) is 0 Å². The first-order valence-corrected chi connectivity index (χ1v) is 7.22. The van der Waals surface area contributed by atoms with Crippen LogP contribution in [-0.4, -0.2) is 19.1 Å². The van der Waals surface area contributed by atoms with Crippen molar-refractivity contribution in [3.8, 4) is 5.75 Å². The van der Waals surface area contributed by atoms with E-state index in [1.54, 1.807) is 18.4 Å². The van der Waals surface area contributed by atoms with Crippen LogP contribution in [0.1, 0.15) is 34.1 Å². The molecule has 0 bridgehead atoms. The topological polar surface area (TPSA) is 34.1 Å². The van der Waals surface area contributed by atoms with Gasteiger partial charge in [-0.1, -0.05) is 18.2 Å². The van der Waals surface area contributed by atoms with Crippen molar-refractivity contribution in [1.82, 2.24) is 10.3 Å². The first kappa shape index (κ1) is 14.0. The van der Waals surface area contributed by atoms with Gasteiger partial charge in [-0.15, -0.1) is 11.3 Å². The third-order valence-corrected chi connectivity index (χ3v) is 4.58. The fraction of sp³-hybridized carbons (Fsp3) is 0.400. The highest BCUT2D eigenvalue weighted by molar-refractivity contribution is 7.11. The lowest BCUT2D eigenvalue weighted by Crippen LogP contribution is -2.11. The van der Waals surface area contributed by atoms with Gasteiger partial charge in [-0.3, -0.25) is 0 Å². The lowest BCUT2D eigenvalue weighted by atomic mass is 10.1. The predicted octanol–water partition coefficient (Wildman–Crippen LogP) is 3.33. The molecule has 3 nitrogen and oxygen atoms in total. The minimum Gasteiger partial charge on any atom is -0.496 e. The number of thiazole rings is 1. The van der Waals surface area contributed by atoms with Crippen LogP contribution in [0.25, 0.3) is 0 Å². The van der Waals surface area contributed by atoms with Gasteiger partial charge in [0.15, 0.2) is 0 Å². The Kier molecular flexibility index (Phi) is 4.56. The maximum absolute atomic E-state index is 5.39. The maximum atomic E-state index is 5.39. The van der Waals surface area contributed by atoms with E-state index in [0.717, 1.165) is 22.9 Å². The van der Waals surface area contributed by atoms with Crippen LogP contribution in [0.2, 0.25) is 0 Å². The Morgan fingerprint density at radius 2 is 2.11 bits per heavy atom. The van der Waals surface area contributed by atoms with Crippen molar-refractivity contribution >= 4 is 11.3 Å². The van der Waals surface area contributed by atoms with Crippen LogP contribution in [0.15, 0.2) is 24.3 Å². The minimum atomic E-state index is 0.351. The fourth-order valence-electron chi connectivity index (χ4n) is 2.09. The molecule has 4 heteroatoms. The van der Waals surface area contributed by atoms with E-state index >= 15 is 0 Å². The van der Waals surface area contributed by atoms with E-state index in [0.29, 0.717) is 6.04 Å². The second-order valence-electron chi connectivity index (χ2n) is 4.56. The molecule has 1 aromatic heterocycles. The van der Waals surface area contributed by atoms with Gasteiger partial charge in [-0.25, -0.2) is 4.98 Å². The number of aromatic nitrogens is 1. The number of benzene rings is 1. The van der Waals surface area contributed by atoms with Crippen LogP contribution in [-0.2, 0) is 6.42 Å². The Balaban J connectivity index is 2.24. The van der Waals surface area contributed by atoms with E-state index in [2.05, 4.69) is 30.2 Å². The van der Waals surface area contributed by atoms with Crippen molar-refractivity contribution in [3.05, 3.63) is 45.4 Å². The molecule has 1 unspecified atom stereocenters. The van der Waals surface area contributed by atoms with Crippen LogP contribution in [0.5, 0.6) is 5.75 Å². The van der Waals surface area contributed by atoms with Gasteiger partial charge in [0.2, 0.25) is 0 Å². The molecule has 0 aliphatic rings. The summed E-state index contributed by atoms with van der Waals surface area (Å²) in [6, 6.07) is 8.47. The number of para-hydroxylation sites is 1. The number of methoxy groups -OCH3 is 1. The number of ether oxygens (including phenoxy) is 1. The SMILES string of the molecule is CNC(C)c1sc(Cc2ccccc2OC)nc1C. The zero-order chi connectivity index (χ0) is 13.8. The highest BCUT2D eigenvalue weighted by Crippen LogP contribution is 2.28. The summed E-state index contributed by atoms with van der Waals surface area (Å²) in [5, 5.41) is 4.41. The molecule has 1 N–H and O–H groups in total. The number of rotatable bonds is 5. The van der Waals surface area contributed by atoms with Gasteiger partial charge < -0.3 is 10.1 Å². The third kappa shape index (κ3) is 3.14. The molecule has 0 amide bonds. The predicted molar refractivity (Wildman–Crippen MR) is 80.1 cm³/mol. The Morgan fingerprint density at radius 3 is 2.79 bits per heavy atom. The van der Waals surface area contributed by atoms with Crippen molar-refractivity contribution in [2.75, 3.05) is 14.2 Å². The Morgan fingerprint density at radius 1 is 1.37 bits per heavy atom. The lowest BCUT2D eigenvalue weighted by molar-refractivity contribution is 0.410. The summed E-state index contributed by atoms with van der Waals surface area (Å²) < 4.78 is 5.39. The molecule has 2 rings (SSSR count). The molecule has 1 atom stereocenters. The Bertz CT molecular complexity index is 551. The average Bonchev–Trinajstić information content (AvgIpc) is 2.79. The molecule has 0 aliphatic carbocycles. The summed E-state index contributed by atoms with van der Waals surface area (Å²) >= 11 is 1.78. The lowest BCUT2D eigenvalue weighted by Gasteiger charge is -2.07. The Labute approximate surface area is 118 Å². The molecule has 102 valence electrons. The van der Waals surface area contributed by atoms with Gasteiger partial charge in [0.1, 0.15) is 5.75 Å². The van der Waals surface area contributed by atoms with E-state index in [-0.39, 0.29) is 0 Å². The maximum Gasteiger partial charge on any atom is 0.122 e. The monoisotopic (exact) mass is 276 g/mol. The van der Waals surface area contributed by atoms with E-state index in [1.807, 2.05) is 25.2 Å². The Hall–Kier alpha value is -1.39. The van der Waals surface area contributed by atoms with Gasteiger partial charge in [0.05, 0.1) is 17.8 Å². The molecule has 1 heterocycles. The van der Waals surface area contributed by atoms with Crippen molar-refractivity contribution in [2.45, 2.75) is 26.3 Å². The summed E-state index contributed by atoms with van der Waals surface area (Å²) in [5.41, 5.74) is 2.30. The summed E-state index contributed by atoms with van der Waals surface area (Å²) in [4.78, 5) is 5.99.